The number of ether oxygens (including phenoxy) is 6. The lowest BCUT2D eigenvalue weighted by molar-refractivity contribution is -0.137. The molecule has 4 aromatic rings. The van der Waals surface area contributed by atoms with Gasteiger partial charge >= 0.3 is 5.97 Å². The fraction of sp³-hybridized carbons (Fsp3) is 0.333. The Labute approximate surface area is 264 Å². The van der Waals surface area contributed by atoms with Gasteiger partial charge in [0, 0.05) is 36.2 Å². The van der Waals surface area contributed by atoms with Crippen LogP contribution in [0.3, 0.4) is 0 Å². The van der Waals surface area contributed by atoms with E-state index in [1.54, 1.807) is 59.3 Å². The highest BCUT2D eigenvalue weighted by molar-refractivity contribution is 5.98. The van der Waals surface area contributed by atoms with E-state index < -0.39 is 18.1 Å². The number of aryl methyl sites for hydroxylation is 1. The van der Waals surface area contributed by atoms with Gasteiger partial charge in [0.15, 0.2) is 29.1 Å². The number of carbonyl (C=O) groups excluding carboxylic acids is 2. The number of hydrogen-bond acceptors (Lipinski definition) is 11. The number of aromatic hydroxyl groups is 1. The summed E-state index contributed by atoms with van der Waals surface area (Å²) in [5.74, 6) is 1.62. The number of hydrogen-bond donors (Lipinski definition) is 1. The number of amides is 1. The predicted molar refractivity (Wildman–Crippen MR) is 161 cm³/mol. The summed E-state index contributed by atoms with van der Waals surface area (Å²) >= 11 is 0. The van der Waals surface area contributed by atoms with Gasteiger partial charge in [0.05, 0.1) is 33.2 Å². The number of methoxy groups -OCH3 is 3. The van der Waals surface area contributed by atoms with Gasteiger partial charge in [-0.25, -0.2) is 9.48 Å². The first-order valence-electron chi connectivity index (χ1n) is 14.9. The number of phenolic OH excluding ortho intramolecular Hbond substituents is 1. The largest absolute Gasteiger partial charge is 0.508 e. The van der Waals surface area contributed by atoms with Gasteiger partial charge in [0.25, 0.3) is 0 Å². The van der Waals surface area contributed by atoms with Crippen molar-refractivity contribution in [3.63, 3.8) is 0 Å². The third kappa shape index (κ3) is 4.78. The van der Waals surface area contributed by atoms with Gasteiger partial charge in [0.1, 0.15) is 17.4 Å². The van der Waals surface area contributed by atoms with Gasteiger partial charge in [-0.05, 0) is 54.8 Å². The number of fused-ring (bicyclic) bond motifs is 3. The Morgan fingerprint density at radius 3 is 2.61 bits per heavy atom. The lowest BCUT2D eigenvalue weighted by Gasteiger charge is -2.40. The van der Waals surface area contributed by atoms with E-state index >= 15 is 0 Å². The van der Waals surface area contributed by atoms with Crippen LogP contribution in [0, 0.1) is 0 Å². The maximum absolute atomic E-state index is 14.1. The van der Waals surface area contributed by atoms with Gasteiger partial charge < -0.3 is 38.4 Å². The quantitative estimate of drug-likeness (QED) is 0.266. The second-order valence-electron chi connectivity index (χ2n) is 11.1. The first-order valence-corrected chi connectivity index (χ1v) is 14.9. The molecule has 0 saturated carbocycles. The van der Waals surface area contributed by atoms with Crippen LogP contribution in [0.4, 0.5) is 0 Å². The summed E-state index contributed by atoms with van der Waals surface area (Å²) in [7, 11) is 4.51. The molecule has 0 aliphatic carbocycles. The zero-order valence-corrected chi connectivity index (χ0v) is 25.5. The first-order chi connectivity index (χ1) is 22.4. The summed E-state index contributed by atoms with van der Waals surface area (Å²) in [5.41, 5.74) is 4.09. The Balaban J connectivity index is 1.22. The molecule has 13 heteroatoms. The number of nitrogens with zero attached hydrogens (tertiary/aromatic N) is 4. The van der Waals surface area contributed by atoms with Crippen LogP contribution in [-0.4, -0.2) is 71.5 Å². The van der Waals surface area contributed by atoms with Crippen molar-refractivity contribution in [1.82, 2.24) is 19.9 Å². The van der Waals surface area contributed by atoms with Crippen molar-refractivity contribution in [2.45, 2.75) is 38.0 Å². The standard InChI is InChI=1S/C33H32N4O9/c1-41-23-11-10-21-27(30(23)42-2)33(40)46-29(21)28-26-19(15-24-31(32(26)43-3)45-17-44-24)12-14-36(28)25(39)5-4-13-37-22(16-34-35-37)18-6-8-20(38)9-7-18/h6-11,15-16,28-29,38H,4-5,12-14,17H2,1-3H3/t28-,29+/m1/s1. The molecule has 7 rings (SSSR count). The monoisotopic (exact) mass is 628 g/mol. The number of esters is 1. The highest BCUT2D eigenvalue weighted by atomic mass is 16.7. The molecule has 0 radical (unpaired) electrons. The molecular formula is C33H32N4O9. The maximum Gasteiger partial charge on any atom is 0.343 e. The minimum absolute atomic E-state index is 0.0502. The zero-order chi connectivity index (χ0) is 31.9. The summed E-state index contributed by atoms with van der Waals surface area (Å²) in [6.07, 6.45) is 2.02. The van der Waals surface area contributed by atoms with Crippen LogP contribution in [0.5, 0.6) is 34.5 Å². The second kappa shape index (κ2) is 11.8. The van der Waals surface area contributed by atoms with Crippen LogP contribution in [0.2, 0.25) is 0 Å². The van der Waals surface area contributed by atoms with Crippen LogP contribution in [0.25, 0.3) is 11.3 Å². The summed E-state index contributed by atoms with van der Waals surface area (Å²) < 4.78 is 36.2. The smallest absolute Gasteiger partial charge is 0.343 e. The molecular weight excluding hydrogens is 596 g/mol. The van der Waals surface area contributed by atoms with Crippen molar-refractivity contribution in [3.05, 3.63) is 70.9 Å². The topological polar surface area (TPSA) is 144 Å². The average Bonchev–Trinajstić information content (AvgIpc) is 3.82. The van der Waals surface area contributed by atoms with E-state index in [0.29, 0.717) is 60.1 Å². The van der Waals surface area contributed by atoms with Crippen molar-refractivity contribution in [2.75, 3.05) is 34.7 Å². The molecule has 1 N–H and O–H groups in total. The van der Waals surface area contributed by atoms with Crippen LogP contribution < -0.4 is 23.7 Å². The molecule has 4 heterocycles. The fourth-order valence-electron chi connectivity index (χ4n) is 6.61. The van der Waals surface area contributed by atoms with E-state index in [-0.39, 0.29) is 36.2 Å². The Hall–Kier alpha value is -5.46. The molecule has 0 bridgehead atoms. The van der Waals surface area contributed by atoms with Crippen molar-refractivity contribution < 1.29 is 43.1 Å². The first kappa shape index (κ1) is 29.3. The SMILES string of the molecule is COc1ccc2c(c1OC)C(=O)O[C@@H]2[C@H]1c2c(cc3c(c2OC)OCO3)CCN1C(=O)CCCn1nncc1-c1ccc(O)cc1. The molecule has 0 fully saturated rings. The molecule has 3 aliphatic rings. The van der Waals surface area contributed by atoms with Gasteiger partial charge in [-0.2, -0.15) is 0 Å². The molecule has 238 valence electrons. The summed E-state index contributed by atoms with van der Waals surface area (Å²) in [5, 5.41) is 17.9. The number of carbonyl (C=O) groups is 2. The predicted octanol–water partition coefficient (Wildman–Crippen LogP) is 4.22. The number of phenols is 1. The van der Waals surface area contributed by atoms with Gasteiger partial charge in [-0.3, -0.25) is 4.79 Å². The van der Waals surface area contributed by atoms with Gasteiger partial charge in [0.2, 0.25) is 18.4 Å². The highest BCUT2D eigenvalue weighted by Crippen LogP contribution is 2.55. The van der Waals surface area contributed by atoms with Gasteiger partial charge in [-0.1, -0.05) is 11.3 Å². The number of rotatable bonds is 9. The summed E-state index contributed by atoms with van der Waals surface area (Å²) in [4.78, 5) is 29.3. The molecule has 0 spiro atoms. The van der Waals surface area contributed by atoms with Crippen molar-refractivity contribution in [1.29, 1.82) is 0 Å². The van der Waals surface area contributed by atoms with Crippen LogP contribution in [0.15, 0.2) is 48.7 Å². The molecule has 2 atom stereocenters. The van der Waals surface area contributed by atoms with Crippen LogP contribution >= 0.6 is 0 Å². The average molecular weight is 629 g/mol. The maximum atomic E-state index is 14.1. The highest BCUT2D eigenvalue weighted by Gasteiger charge is 2.48. The third-order valence-electron chi connectivity index (χ3n) is 8.67. The number of cyclic esters (lactones) is 1. The van der Waals surface area contributed by atoms with Crippen LogP contribution in [-0.2, 0) is 22.5 Å². The Bertz CT molecular complexity index is 1820. The normalized spacial score (nSPS) is 17.7. The minimum Gasteiger partial charge on any atom is -0.508 e. The summed E-state index contributed by atoms with van der Waals surface area (Å²) in [6, 6.07) is 11.5. The van der Waals surface area contributed by atoms with E-state index in [1.165, 1.54) is 14.2 Å². The molecule has 13 nitrogen and oxygen atoms in total. The molecule has 3 aliphatic heterocycles. The van der Waals surface area contributed by atoms with Crippen LogP contribution in [0.1, 0.15) is 52.0 Å². The van der Waals surface area contributed by atoms with E-state index in [0.717, 1.165) is 16.8 Å². The van der Waals surface area contributed by atoms with E-state index in [4.69, 9.17) is 28.4 Å². The lowest BCUT2D eigenvalue weighted by atomic mass is 9.84. The molecule has 0 saturated heterocycles. The molecule has 3 aromatic carbocycles. The number of aromatic nitrogens is 3. The minimum atomic E-state index is -0.851. The van der Waals surface area contributed by atoms with E-state index in [1.807, 2.05) is 6.07 Å². The lowest BCUT2D eigenvalue weighted by Crippen LogP contribution is -2.43. The molecule has 0 unspecified atom stereocenters. The molecule has 1 amide bonds. The summed E-state index contributed by atoms with van der Waals surface area (Å²) in [6.45, 7) is 0.879. The molecule has 1 aromatic heterocycles. The van der Waals surface area contributed by atoms with Crippen molar-refractivity contribution >= 4 is 11.9 Å². The fourth-order valence-corrected chi connectivity index (χ4v) is 6.61. The van der Waals surface area contributed by atoms with Crippen molar-refractivity contribution in [3.8, 4) is 45.8 Å². The third-order valence-corrected chi connectivity index (χ3v) is 8.67. The number of benzene rings is 3. The molecule has 46 heavy (non-hydrogen) atoms. The van der Waals surface area contributed by atoms with Crippen molar-refractivity contribution in [2.24, 2.45) is 0 Å². The van der Waals surface area contributed by atoms with E-state index in [2.05, 4.69) is 10.3 Å². The van der Waals surface area contributed by atoms with Gasteiger partial charge in [-0.15, -0.1) is 5.10 Å². The van der Waals surface area contributed by atoms with E-state index in [9.17, 15) is 14.7 Å². The second-order valence-corrected chi connectivity index (χ2v) is 11.1. The Morgan fingerprint density at radius 1 is 1.04 bits per heavy atom. The zero-order valence-electron chi connectivity index (χ0n) is 25.5. The Kier molecular flexibility index (Phi) is 7.51. The Morgan fingerprint density at radius 2 is 1.85 bits per heavy atom.